The number of likely N-dealkylation sites (N-methyl/N-ethyl adjacent to an activating group) is 2. The van der Waals surface area contributed by atoms with Crippen LogP contribution in [-0.2, 0) is 0 Å². The molecule has 0 spiro atoms. The van der Waals surface area contributed by atoms with Crippen LogP contribution in [0.2, 0.25) is 0 Å². The average molecular weight is 289 g/mol. The van der Waals surface area contributed by atoms with Gasteiger partial charge in [-0.15, -0.1) is 0 Å². The lowest BCUT2D eigenvalue weighted by atomic mass is 10.2. The first-order valence-corrected chi connectivity index (χ1v) is 5.71. The molecule has 1 aromatic rings. The van der Waals surface area contributed by atoms with E-state index in [9.17, 15) is 9.18 Å². The van der Waals surface area contributed by atoms with Crippen molar-refractivity contribution in [3.05, 3.63) is 34.1 Å². The van der Waals surface area contributed by atoms with E-state index in [4.69, 9.17) is 0 Å². The molecule has 0 saturated carbocycles. The number of nitrogens with zero attached hydrogens (tertiary/aromatic N) is 1. The van der Waals surface area contributed by atoms with Crippen LogP contribution in [0, 0.1) is 5.82 Å². The van der Waals surface area contributed by atoms with Crippen LogP contribution in [0.15, 0.2) is 22.7 Å². The lowest BCUT2D eigenvalue weighted by molar-refractivity contribution is 0.0795. The predicted molar refractivity (Wildman–Crippen MR) is 65.0 cm³/mol. The molecule has 0 radical (unpaired) electrons. The number of amides is 1. The van der Waals surface area contributed by atoms with E-state index in [1.165, 1.54) is 12.1 Å². The van der Waals surface area contributed by atoms with Gasteiger partial charge in [0.2, 0.25) is 0 Å². The van der Waals surface area contributed by atoms with Gasteiger partial charge in [-0.1, -0.05) is 6.07 Å². The van der Waals surface area contributed by atoms with Gasteiger partial charge < -0.3 is 10.2 Å². The molecule has 0 unspecified atom stereocenters. The van der Waals surface area contributed by atoms with E-state index >= 15 is 0 Å². The molecule has 0 aliphatic heterocycles. The molecule has 1 aromatic carbocycles. The molecule has 0 aromatic heterocycles. The molecule has 5 heteroatoms. The van der Waals surface area contributed by atoms with E-state index in [1.54, 1.807) is 18.0 Å². The van der Waals surface area contributed by atoms with E-state index in [1.807, 2.05) is 7.05 Å². The van der Waals surface area contributed by atoms with Crippen molar-refractivity contribution in [1.29, 1.82) is 0 Å². The smallest absolute Gasteiger partial charge is 0.254 e. The first-order chi connectivity index (χ1) is 7.57. The van der Waals surface area contributed by atoms with Crippen LogP contribution in [0.3, 0.4) is 0 Å². The number of carbonyl (C=O) groups is 1. The van der Waals surface area contributed by atoms with Gasteiger partial charge >= 0.3 is 0 Å². The molecule has 0 fully saturated rings. The number of hydrogen-bond donors (Lipinski definition) is 1. The number of benzene rings is 1. The quantitative estimate of drug-likeness (QED) is 0.918. The maximum atomic E-state index is 13.2. The second-order valence-corrected chi connectivity index (χ2v) is 4.22. The third-order valence-corrected chi connectivity index (χ3v) is 3.03. The fourth-order valence-electron chi connectivity index (χ4n) is 1.26. The van der Waals surface area contributed by atoms with Crippen LogP contribution in [0.5, 0.6) is 0 Å². The highest BCUT2D eigenvalue weighted by molar-refractivity contribution is 9.10. The first-order valence-electron chi connectivity index (χ1n) is 4.92. The molecule has 0 aliphatic carbocycles. The molecule has 0 atom stereocenters. The zero-order valence-electron chi connectivity index (χ0n) is 9.26. The second-order valence-electron chi connectivity index (χ2n) is 3.43. The van der Waals surface area contributed by atoms with Gasteiger partial charge in [-0.25, -0.2) is 4.39 Å². The standard InChI is InChI=1S/C11H14BrFN2O/c1-14-6-7-15(2)11(16)8-4-3-5-9(13)10(8)12/h3-5,14H,6-7H2,1-2H3. The summed E-state index contributed by atoms with van der Waals surface area (Å²) in [4.78, 5) is 13.5. The summed E-state index contributed by atoms with van der Waals surface area (Å²) in [5, 5.41) is 2.95. The van der Waals surface area contributed by atoms with Gasteiger partial charge in [0.1, 0.15) is 5.82 Å². The van der Waals surface area contributed by atoms with Gasteiger partial charge in [0, 0.05) is 20.1 Å². The molecule has 1 rings (SSSR count). The van der Waals surface area contributed by atoms with Crippen molar-refractivity contribution in [3.63, 3.8) is 0 Å². The Morgan fingerprint density at radius 2 is 2.25 bits per heavy atom. The Hall–Kier alpha value is -0.940. The number of nitrogens with one attached hydrogen (secondary N) is 1. The van der Waals surface area contributed by atoms with Crippen molar-refractivity contribution < 1.29 is 9.18 Å². The maximum absolute atomic E-state index is 13.2. The average Bonchev–Trinajstić information content (AvgIpc) is 2.28. The van der Waals surface area contributed by atoms with Gasteiger partial charge in [0.15, 0.2) is 0 Å². The van der Waals surface area contributed by atoms with Crippen molar-refractivity contribution >= 4 is 21.8 Å². The highest BCUT2D eigenvalue weighted by Crippen LogP contribution is 2.21. The monoisotopic (exact) mass is 288 g/mol. The van der Waals surface area contributed by atoms with Gasteiger partial charge in [-0.2, -0.15) is 0 Å². The SMILES string of the molecule is CNCCN(C)C(=O)c1cccc(F)c1Br. The summed E-state index contributed by atoms with van der Waals surface area (Å²) in [6, 6.07) is 4.44. The minimum Gasteiger partial charge on any atom is -0.340 e. The highest BCUT2D eigenvalue weighted by atomic mass is 79.9. The second kappa shape index (κ2) is 5.96. The zero-order valence-corrected chi connectivity index (χ0v) is 10.8. The minimum atomic E-state index is -0.423. The minimum absolute atomic E-state index is 0.193. The van der Waals surface area contributed by atoms with Gasteiger partial charge in [-0.3, -0.25) is 4.79 Å². The number of halogens is 2. The molecule has 1 amide bonds. The van der Waals surface area contributed by atoms with Crippen molar-refractivity contribution in [2.24, 2.45) is 0 Å². The van der Waals surface area contributed by atoms with Gasteiger partial charge in [0.05, 0.1) is 10.0 Å². The highest BCUT2D eigenvalue weighted by Gasteiger charge is 2.16. The maximum Gasteiger partial charge on any atom is 0.254 e. The van der Waals surface area contributed by atoms with Crippen LogP contribution in [0.1, 0.15) is 10.4 Å². The third kappa shape index (κ3) is 3.02. The van der Waals surface area contributed by atoms with Crippen molar-refractivity contribution in [1.82, 2.24) is 10.2 Å². The first kappa shape index (κ1) is 13.1. The van der Waals surface area contributed by atoms with Crippen molar-refractivity contribution in [2.75, 3.05) is 27.2 Å². The number of rotatable bonds is 4. The van der Waals surface area contributed by atoms with E-state index < -0.39 is 5.82 Å². The Morgan fingerprint density at radius 3 is 2.88 bits per heavy atom. The van der Waals surface area contributed by atoms with Crippen molar-refractivity contribution in [2.45, 2.75) is 0 Å². The molecule has 16 heavy (non-hydrogen) atoms. The molecule has 0 aliphatic rings. The number of carbonyl (C=O) groups excluding carboxylic acids is 1. The Morgan fingerprint density at radius 1 is 1.56 bits per heavy atom. The fourth-order valence-corrected chi connectivity index (χ4v) is 1.69. The molecule has 3 nitrogen and oxygen atoms in total. The molecular formula is C11H14BrFN2O. The molecule has 1 N–H and O–H groups in total. The molecule has 88 valence electrons. The Bertz CT molecular complexity index is 384. The molecular weight excluding hydrogens is 275 g/mol. The normalized spacial score (nSPS) is 10.2. The summed E-state index contributed by atoms with van der Waals surface area (Å²) in [5.41, 5.74) is 0.346. The summed E-state index contributed by atoms with van der Waals surface area (Å²) in [5.74, 6) is -0.616. The van der Waals surface area contributed by atoms with Gasteiger partial charge in [-0.05, 0) is 35.1 Å². The Labute approximate surface area is 103 Å². The largest absolute Gasteiger partial charge is 0.340 e. The summed E-state index contributed by atoms with van der Waals surface area (Å²) in [7, 11) is 3.51. The zero-order chi connectivity index (χ0) is 12.1. The molecule has 0 saturated heterocycles. The van der Waals surface area contributed by atoms with Crippen LogP contribution < -0.4 is 5.32 Å². The van der Waals surface area contributed by atoms with Crippen LogP contribution >= 0.6 is 15.9 Å². The molecule has 0 heterocycles. The summed E-state index contributed by atoms with van der Waals surface area (Å²) < 4.78 is 13.4. The lowest BCUT2D eigenvalue weighted by Gasteiger charge is -2.17. The van der Waals surface area contributed by atoms with Crippen LogP contribution in [0.25, 0.3) is 0 Å². The van der Waals surface area contributed by atoms with E-state index in [0.717, 1.165) is 0 Å². The molecule has 0 bridgehead atoms. The van der Waals surface area contributed by atoms with Crippen LogP contribution in [-0.4, -0.2) is 38.0 Å². The van der Waals surface area contributed by atoms with E-state index in [-0.39, 0.29) is 10.4 Å². The van der Waals surface area contributed by atoms with E-state index in [0.29, 0.717) is 18.7 Å². The fraction of sp³-hybridized carbons (Fsp3) is 0.364. The van der Waals surface area contributed by atoms with Gasteiger partial charge in [0.25, 0.3) is 5.91 Å². The Kier molecular flexibility index (Phi) is 4.89. The Balaban J connectivity index is 2.84. The summed E-state index contributed by atoms with van der Waals surface area (Å²) in [6.45, 7) is 1.29. The lowest BCUT2D eigenvalue weighted by Crippen LogP contribution is -2.33. The third-order valence-electron chi connectivity index (χ3n) is 2.23. The predicted octanol–water partition coefficient (Wildman–Crippen LogP) is 1.88. The van der Waals surface area contributed by atoms with E-state index in [2.05, 4.69) is 21.2 Å². The summed E-state index contributed by atoms with van der Waals surface area (Å²) in [6.07, 6.45) is 0. The van der Waals surface area contributed by atoms with Crippen LogP contribution in [0.4, 0.5) is 4.39 Å². The summed E-state index contributed by atoms with van der Waals surface area (Å²) >= 11 is 3.08. The topological polar surface area (TPSA) is 32.3 Å². The number of hydrogen-bond acceptors (Lipinski definition) is 2. The van der Waals surface area contributed by atoms with Crippen molar-refractivity contribution in [3.8, 4) is 0 Å².